The zero-order chi connectivity index (χ0) is 10.6. The van der Waals surface area contributed by atoms with Crippen molar-refractivity contribution in [3.05, 3.63) is 40.0 Å². The predicted molar refractivity (Wildman–Crippen MR) is 52.8 cm³/mol. The van der Waals surface area contributed by atoms with Crippen LogP contribution in [-0.4, -0.2) is 16.6 Å². The molecule has 0 unspecified atom stereocenters. The zero-order valence-electron chi connectivity index (χ0n) is 7.38. The molecule has 0 spiro atoms. The van der Waals surface area contributed by atoms with Crippen LogP contribution in [0.4, 0.5) is 5.69 Å². The summed E-state index contributed by atoms with van der Waals surface area (Å²) >= 11 is 0. The molecule has 1 aromatic carbocycles. The summed E-state index contributed by atoms with van der Waals surface area (Å²) < 4.78 is 0. The average Bonchev–Trinajstić information content (AvgIpc) is 2.16. The van der Waals surface area contributed by atoms with Gasteiger partial charge in [-0.3, -0.25) is 10.1 Å². The molecule has 0 bridgehead atoms. The lowest BCUT2D eigenvalue weighted by molar-refractivity contribution is -0.384. The van der Waals surface area contributed by atoms with E-state index in [-0.39, 0.29) is 11.4 Å². The van der Waals surface area contributed by atoms with Gasteiger partial charge in [-0.2, -0.15) is 0 Å². The summed E-state index contributed by atoms with van der Waals surface area (Å²) in [6.45, 7) is 0.322. The number of benzene rings is 1. The molecule has 3 N–H and O–H groups in total. The molecule has 0 atom stereocenters. The molecule has 0 aliphatic carbocycles. The van der Waals surface area contributed by atoms with E-state index in [0.29, 0.717) is 12.1 Å². The van der Waals surface area contributed by atoms with Gasteiger partial charge in [-0.15, -0.1) is 0 Å². The molecule has 1 aromatic rings. The Kier molecular flexibility index (Phi) is 3.19. The highest BCUT2D eigenvalue weighted by atomic mass is 16.6. The highest BCUT2D eigenvalue weighted by Crippen LogP contribution is 2.23. The van der Waals surface area contributed by atoms with Gasteiger partial charge in [-0.1, -0.05) is 12.2 Å². The molecule has 5 heteroatoms. The molecule has 0 fully saturated rings. The van der Waals surface area contributed by atoms with Crippen molar-refractivity contribution in [1.82, 2.24) is 0 Å². The molecule has 0 saturated heterocycles. The minimum atomic E-state index is -0.515. The Bertz CT molecular complexity index is 374. The predicted octanol–water partition coefficient (Wildman–Crippen LogP) is 1.27. The van der Waals surface area contributed by atoms with E-state index in [2.05, 4.69) is 0 Å². The van der Waals surface area contributed by atoms with E-state index in [1.54, 1.807) is 12.2 Å². The molecular weight excluding hydrogens is 184 g/mol. The first kappa shape index (κ1) is 10.2. The topological polar surface area (TPSA) is 89.4 Å². The first-order valence-electron chi connectivity index (χ1n) is 3.99. The van der Waals surface area contributed by atoms with Crippen LogP contribution in [0, 0.1) is 10.1 Å². The Morgan fingerprint density at radius 2 is 2.29 bits per heavy atom. The highest BCUT2D eigenvalue weighted by molar-refractivity contribution is 5.60. The van der Waals surface area contributed by atoms with E-state index in [1.165, 1.54) is 18.2 Å². The third kappa shape index (κ3) is 2.30. The van der Waals surface area contributed by atoms with Gasteiger partial charge in [0.15, 0.2) is 0 Å². The maximum absolute atomic E-state index is 10.4. The Morgan fingerprint density at radius 1 is 1.57 bits per heavy atom. The van der Waals surface area contributed by atoms with Crippen LogP contribution in [0.1, 0.15) is 5.56 Å². The second kappa shape index (κ2) is 4.38. The number of aromatic hydroxyl groups is 1. The summed E-state index contributed by atoms with van der Waals surface area (Å²) in [6, 6.07) is 3.82. The minimum absolute atomic E-state index is 0.000278. The van der Waals surface area contributed by atoms with Gasteiger partial charge in [0.25, 0.3) is 5.69 Å². The van der Waals surface area contributed by atoms with Crippen LogP contribution in [0.2, 0.25) is 0 Å². The van der Waals surface area contributed by atoms with E-state index in [9.17, 15) is 15.2 Å². The number of hydrogen-bond donors (Lipinski definition) is 2. The number of nitrogens with two attached hydrogens (primary N) is 1. The number of hydrogen-bond acceptors (Lipinski definition) is 4. The second-order valence-electron chi connectivity index (χ2n) is 2.64. The van der Waals surface area contributed by atoms with E-state index in [1.807, 2.05) is 0 Å². The molecule has 0 saturated carbocycles. The van der Waals surface area contributed by atoms with Crippen molar-refractivity contribution >= 4 is 11.8 Å². The van der Waals surface area contributed by atoms with Gasteiger partial charge in [0.2, 0.25) is 0 Å². The molecule has 0 aliphatic heterocycles. The summed E-state index contributed by atoms with van der Waals surface area (Å²) in [6.07, 6.45) is 3.15. The van der Waals surface area contributed by atoms with Gasteiger partial charge >= 0.3 is 0 Å². The SMILES string of the molecule is NC/C=C/c1cc([N+](=O)[O-])ccc1O. The van der Waals surface area contributed by atoms with Crippen LogP contribution in [0.15, 0.2) is 24.3 Å². The summed E-state index contributed by atoms with van der Waals surface area (Å²) in [4.78, 5) is 9.90. The number of nitrogens with zero attached hydrogens (tertiary/aromatic N) is 1. The molecule has 0 amide bonds. The van der Waals surface area contributed by atoms with Crippen LogP contribution < -0.4 is 5.73 Å². The Morgan fingerprint density at radius 3 is 2.86 bits per heavy atom. The molecule has 0 aromatic heterocycles. The smallest absolute Gasteiger partial charge is 0.270 e. The van der Waals surface area contributed by atoms with E-state index in [0.717, 1.165) is 0 Å². The fraction of sp³-hybridized carbons (Fsp3) is 0.111. The van der Waals surface area contributed by atoms with Gasteiger partial charge in [-0.25, -0.2) is 0 Å². The largest absolute Gasteiger partial charge is 0.507 e. The summed E-state index contributed by atoms with van der Waals surface area (Å²) in [5.41, 5.74) is 5.56. The van der Waals surface area contributed by atoms with Crippen LogP contribution >= 0.6 is 0 Å². The molecular formula is C9H10N2O3. The number of non-ortho nitro benzene ring substituents is 1. The van der Waals surface area contributed by atoms with Gasteiger partial charge < -0.3 is 10.8 Å². The molecule has 1 rings (SSSR count). The number of nitro groups is 1. The van der Waals surface area contributed by atoms with Gasteiger partial charge in [0.1, 0.15) is 5.75 Å². The maximum Gasteiger partial charge on any atom is 0.270 e. The van der Waals surface area contributed by atoms with Crippen molar-refractivity contribution in [2.45, 2.75) is 0 Å². The van der Waals surface area contributed by atoms with Crippen LogP contribution in [0.3, 0.4) is 0 Å². The van der Waals surface area contributed by atoms with Crippen LogP contribution in [0.25, 0.3) is 6.08 Å². The lowest BCUT2D eigenvalue weighted by Crippen LogP contribution is -1.92. The molecule has 0 aliphatic rings. The summed E-state index contributed by atoms with van der Waals surface area (Å²) in [5.74, 6) is 0.000278. The first-order chi connectivity index (χ1) is 6.65. The first-order valence-corrected chi connectivity index (χ1v) is 3.99. The third-order valence-electron chi connectivity index (χ3n) is 1.66. The molecule has 0 heterocycles. The summed E-state index contributed by atoms with van der Waals surface area (Å²) in [5, 5.41) is 19.7. The monoisotopic (exact) mass is 194 g/mol. The van der Waals surface area contributed by atoms with Crippen LogP contribution in [0.5, 0.6) is 5.75 Å². The number of rotatable bonds is 3. The van der Waals surface area contributed by atoms with Gasteiger partial charge in [0, 0.05) is 24.2 Å². The van der Waals surface area contributed by atoms with Crippen molar-refractivity contribution in [2.75, 3.05) is 6.54 Å². The standard InChI is InChI=1S/C9H10N2O3/c10-5-1-2-7-6-8(11(13)14)3-4-9(7)12/h1-4,6,12H,5,10H2/b2-1+. The van der Waals surface area contributed by atoms with Crippen LogP contribution in [-0.2, 0) is 0 Å². The molecule has 5 nitrogen and oxygen atoms in total. The fourth-order valence-corrected chi connectivity index (χ4v) is 0.984. The third-order valence-corrected chi connectivity index (χ3v) is 1.66. The van der Waals surface area contributed by atoms with E-state index < -0.39 is 4.92 Å². The average molecular weight is 194 g/mol. The van der Waals surface area contributed by atoms with Crippen molar-refractivity contribution in [1.29, 1.82) is 0 Å². The Labute approximate surface area is 80.6 Å². The zero-order valence-corrected chi connectivity index (χ0v) is 7.38. The normalized spacial score (nSPS) is 10.6. The lowest BCUT2D eigenvalue weighted by Gasteiger charge is -1.98. The molecule has 14 heavy (non-hydrogen) atoms. The van der Waals surface area contributed by atoms with Crippen molar-refractivity contribution in [3.63, 3.8) is 0 Å². The van der Waals surface area contributed by atoms with Crippen molar-refractivity contribution in [2.24, 2.45) is 5.73 Å². The molecule has 0 radical (unpaired) electrons. The van der Waals surface area contributed by atoms with Gasteiger partial charge in [-0.05, 0) is 6.07 Å². The van der Waals surface area contributed by atoms with Gasteiger partial charge in [0.05, 0.1) is 4.92 Å². The van der Waals surface area contributed by atoms with Crippen molar-refractivity contribution in [3.8, 4) is 5.75 Å². The highest BCUT2D eigenvalue weighted by Gasteiger charge is 2.07. The van der Waals surface area contributed by atoms with Crippen molar-refractivity contribution < 1.29 is 10.0 Å². The van der Waals surface area contributed by atoms with E-state index in [4.69, 9.17) is 5.73 Å². The lowest BCUT2D eigenvalue weighted by atomic mass is 10.1. The maximum atomic E-state index is 10.4. The minimum Gasteiger partial charge on any atom is -0.507 e. The number of nitro benzene ring substituents is 1. The Balaban J connectivity index is 3.08. The van der Waals surface area contributed by atoms with E-state index >= 15 is 0 Å². The quantitative estimate of drug-likeness (QED) is 0.560. The number of phenolic OH excluding ortho intramolecular Hbond substituents is 1. The second-order valence-corrected chi connectivity index (χ2v) is 2.64. The fourth-order valence-electron chi connectivity index (χ4n) is 0.984. The summed E-state index contributed by atoms with van der Waals surface area (Å²) in [7, 11) is 0. The Hall–Kier alpha value is -1.88. The number of phenols is 1. The molecule has 74 valence electrons.